The van der Waals surface area contributed by atoms with E-state index in [0.717, 1.165) is 30.8 Å². The quantitative estimate of drug-likeness (QED) is 0.0355. The molecular weight excluding hydrogens is 682 g/mol. The van der Waals surface area contributed by atoms with Gasteiger partial charge in [-0.1, -0.05) is 155 Å². The van der Waals surface area contributed by atoms with Crippen molar-refractivity contribution in [3.63, 3.8) is 0 Å². The molecule has 0 amide bonds. The third-order valence-corrected chi connectivity index (χ3v) is 11.3. The van der Waals surface area contributed by atoms with Gasteiger partial charge < -0.3 is 20.1 Å². The number of hydrogen-bond donors (Lipinski definition) is 2. The summed E-state index contributed by atoms with van der Waals surface area (Å²) >= 11 is 3.04. The van der Waals surface area contributed by atoms with Crippen molar-refractivity contribution in [3.05, 3.63) is 0 Å². The van der Waals surface area contributed by atoms with Crippen LogP contribution in [0.4, 0.5) is 0 Å². The van der Waals surface area contributed by atoms with Crippen LogP contribution in [0.15, 0.2) is 0 Å². The first-order chi connectivity index (χ1) is 23.8. The Hall–Kier alpha value is -0.290. The van der Waals surface area contributed by atoms with Crippen molar-refractivity contribution >= 4 is 43.3 Å². The minimum Gasteiger partial charge on any atom is -0.461 e. The van der Waals surface area contributed by atoms with E-state index in [1.807, 2.05) is 0 Å². The number of phosphoric ester groups is 1. The summed E-state index contributed by atoms with van der Waals surface area (Å²) in [5.41, 5.74) is 3.57. The van der Waals surface area contributed by atoms with Gasteiger partial charge in [-0.25, -0.2) is 4.57 Å². The lowest BCUT2D eigenvalue weighted by Crippen LogP contribution is -2.52. The lowest BCUT2D eigenvalue weighted by Gasteiger charge is -2.19. The second-order valence-electron chi connectivity index (χ2n) is 13.1. The molecule has 0 aromatic rings. The summed E-state index contributed by atoms with van der Waals surface area (Å²) in [5, 5.41) is 0. The summed E-state index contributed by atoms with van der Waals surface area (Å²) < 4.78 is 32.8. The van der Waals surface area contributed by atoms with Crippen LogP contribution in [0.2, 0.25) is 0 Å². The predicted octanol–water partition coefficient (Wildman–Crippen LogP) is 9.69. The highest BCUT2D eigenvalue weighted by molar-refractivity contribution is 8.00. The van der Waals surface area contributed by atoms with Gasteiger partial charge in [0, 0.05) is 0 Å². The molecule has 0 rings (SSSR count). The zero-order valence-corrected chi connectivity index (χ0v) is 34.0. The number of ether oxygens (including phenoxy) is 2. The van der Waals surface area contributed by atoms with E-state index < -0.39 is 32.5 Å². The Bertz CT molecular complexity index is 796. The molecule has 0 aliphatic carbocycles. The Balaban J connectivity index is 4.14. The van der Waals surface area contributed by atoms with E-state index in [0.29, 0.717) is 6.54 Å². The molecule has 1 unspecified atom stereocenters. The zero-order chi connectivity index (χ0) is 36.1. The summed E-state index contributed by atoms with van der Waals surface area (Å²) in [5.74, 6) is 1.24. The molecule has 49 heavy (non-hydrogen) atoms. The Kier molecular flexibility index (Phi) is 37.2. The maximum atomic E-state index is 12.5. The zero-order valence-electron chi connectivity index (χ0n) is 31.5. The fraction of sp³-hybridized carbons (Fsp3) is 0.946. The molecule has 0 radical (unpaired) electrons. The second-order valence-corrected chi connectivity index (χ2v) is 16.8. The van der Waals surface area contributed by atoms with Crippen molar-refractivity contribution in [3.8, 4) is 0 Å². The lowest BCUT2D eigenvalue weighted by atomic mass is 10.1. The van der Waals surface area contributed by atoms with Crippen LogP contribution in [0.1, 0.15) is 168 Å². The number of unbranched alkanes of at least 4 members (excludes halogenated alkanes) is 22. The Morgan fingerprint density at radius 1 is 0.592 bits per heavy atom. The first-order valence-electron chi connectivity index (χ1n) is 19.8. The molecule has 0 aliphatic rings. The molecule has 0 heterocycles. The normalized spacial score (nSPS) is 13.3. The third-order valence-electron chi connectivity index (χ3n) is 8.27. The highest BCUT2D eigenvalue weighted by Crippen LogP contribution is 2.43. The Morgan fingerprint density at radius 3 is 1.39 bits per heavy atom. The molecule has 0 spiro atoms. The van der Waals surface area contributed by atoms with E-state index in [2.05, 4.69) is 19.6 Å². The molecule has 0 bridgehead atoms. The molecule has 0 aliphatic heterocycles. The standard InChI is InChI=1S/C37H74NO8PS2/c1-3-5-7-9-11-13-15-17-19-21-23-25-29-48-33-36(39)43-31-35(32-45-47(41,42)44-28-27-38)46-37(40)34-49-30-26-24-22-20-18-16-14-12-10-8-6-4-2/h35H,3-34,38H2,1-2H3,(H,41,42)/p+1/t35-/m1/s1. The largest absolute Gasteiger partial charge is 0.472 e. The molecule has 0 aromatic carbocycles. The molecule has 9 nitrogen and oxygen atoms in total. The molecule has 4 N–H and O–H groups in total. The molecule has 292 valence electrons. The van der Waals surface area contributed by atoms with Crippen LogP contribution in [0.3, 0.4) is 0 Å². The van der Waals surface area contributed by atoms with Crippen molar-refractivity contribution in [2.75, 3.05) is 49.4 Å². The summed E-state index contributed by atoms with van der Waals surface area (Å²) in [6.07, 6.45) is 30.0. The van der Waals surface area contributed by atoms with Crippen LogP contribution >= 0.6 is 31.3 Å². The first kappa shape index (κ1) is 48.7. The van der Waals surface area contributed by atoms with Gasteiger partial charge in [-0.15, -0.1) is 0 Å². The fourth-order valence-corrected chi connectivity index (χ4v) is 7.74. The van der Waals surface area contributed by atoms with Crippen molar-refractivity contribution in [1.29, 1.82) is 0 Å². The molecule has 0 saturated carbocycles. The number of carbonyl (C=O) groups excluding carboxylic acids is 2. The van der Waals surface area contributed by atoms with Gasteiger partial charge in [0.2, 0.25) is 0 Å². The number of phosphoric acid groups is 1. The van der Waals surface area contributed by atoms with Gasteiger partial charge in [0.1, 0.15) is 13.2 Å². The number of thioether (sulfide) groups is 2. The van der Waals surface area contributed by atoms with Crippen molar-refractivity contribution in [1.82, 2.24) is 0 Å². The van der Waals surface area contributed by atoms with Crippen molar-refractivity contribution < 1.29 is 43.3 Å². The van der Waals surface area contributed by atoms with Gasteiger partial charge in [0.15, 0.2) is 6.10 Å². The Morgan fingerprint density at radius 2 is 0.980 bits per heavy atom. The number of hydrogen-bond acceptors (Lipinski definition) is 9. The van der Waals surface area contributed by atoms with Crippen LogP contribution in [0, 0.1) is 0 Å². The van der Waals surface area contributed by atoms with Crippen LogP contribution in [0.25, 0.3) is 0 Å². The third kappa shape index (κ3) is 37.3. The number of quaternary nitrogens is 1. The maximum Gasteiger partial charge on any atom is 0.472 e. The van der Waals surface area contributed by atoms with Crippen LogP contribution < -0.4 is 5.73 Å². The van der Waals surface area contributed by atoms with Crippen LogP contribution in [-0.2, 0) is 32.7 Å². The molecular formula is C37H75NO8PS2+. The van der Waals surface area contributed by atoms with Crippen molar-refractivity contribution in [2.24, 2.45) is 0 Å². The van der Waals surface area contributed by atoms with Gasteiger partial charge >= 0.3 is 19.8 Å². The van der Waals surface area contributed by atoms with Crippen LogP contribution in [-0.4, -0.2) is 72.3 Å². The summed E-state index contributed by atoms with van der Waals surface area (Å²) in [7, 11) is -4.33. The van der Waals surface area contributed by atoms with Gasteiger partial charge in [-0.05, 0) is 24.3 Å². The molecule has 0 aromatic heterocycles. The average molecular weight is 757 g/mol. The number of rotatable bonds is 39. The summed E-state index contributed by atoms with van der Waals surface area (Å²) in [4.78, 5) is 34.7. The number of esters is 2. The van der Waals surface area contributed by atoms with Crippen molar-refractivity contribution in [2.45, 2.75) is 174 Å². The van der Waals surface area contributed by atoms with Gasteiger partial charge in [-0.3, -0.25) is 18.6 Å². The summed E-state index contributed by atoms with van der Waals surface area (Å²) in [6, 6.07) is 0. The number of carbonyl (C=O) groups is 2. The van der Waals surface area contributed by atoms with Crippen LogP contribution in [0.5, 0.6) is 0 Å². The smallest absolute Gasteiger partial charge is 0.461 e. The monoisotopic (exact) mass is 756 g/mol. The SMILES string of the molecule is CCCCCCCCCCCCCCSCC(=O)OC[C@H](COP(=O)(O)OCC[NH3+])OC(=O)CSCCCCCCCCCCCCCC. The van der Waals surface area contributed by atoms with E-state index in [-0.39, 0.29) is 24.7 Å². The van der Waals surface area contributed by atoms with Gasteiger partial charge in [0.05, 0.1) is 24.7 Å². The van der Waals surface area contributed by atoms with E-state index in [9.17, 15) is 19.0 Å². The second kappa shape index (κ2) is 37.5. The van der Waals surface area contributed by atoms with E-state index >= 15 is 0 Å². The molecule has 12 heteroatoms. The average Bonchev–Trinajstić information content (AvgIpc) is 3.08. The molecule has 0 saturated heterocycles. The van der Waals surface area contributed by atoms with Gasteiger partial charge in [0.25, 0.3) is 0 Å². The first-order valence-corrected chi connectivity index (χ1v) is 23.6. The highest BCUT2D eigenvalue weighted by Gasteiger charge is 2.26. The minimum atomic E-state index is -4.33. The maximum absolute atomic E-state index is 12.5. The summed E-state index contributed by atoms with van der Waals surface area (Å²) in [6.45, 7) is 4.10. The lowest BCUT2D eigenvalue weighted by molar-refractivity contribution is -0.371. The van der Waals surface area contributed by atoms with E-state index in [1.54, 1.807) is 0 Å². The van der Waals surface area contributed by atoms with Gasteiger partial charge in [-0.2, -0.15) is 23.5 Å². The van der Waals surface area contributed by atoms with E-state index in [1.165, 1.54) is 158 Å². The predicted molar refractivity (Wildman–Crippen MR) is 207 cm³/mol. The molecule has 0 fully saturated rings. The minimum absolute atomic E-state index is 0.0423. The van der Waals surface area contributed by atoms with E-state index in [4.69, 9.17) is 18.5 Å². The molecule has 2 atom stereocenters. The Labute approximate surface area is 309 Å². The highest BCUT2D eigenvalue weighted by atomic mass is 32.2. The topological polar surface area (TPSA) is 136 Å². The fourth-order valence-electron chi connectivity index (χ4n) is 5.36.